The fourth-order valence-corrected chi connectivity index (χ4v) is 2.99. The highest BCUT2D eigenvalue weighted by Gasteiger charge is 2.43. The molecule has 3 rings (SSSR count). The summed E-state index contributed by atoms with van der Waals surface area (Å²) in [6, 6.07) is 10.4. The summed E-state index contributed by atoms with van der Waals surface area (Å²) in [6.45, 7) is 1.84. The van der Waals surface area contributed by atoms with Crippen LogP contribution in [-0.4, -0.2) is 9.97 Å². The Balaban J connectivity index is 2.13. The maximum absolute atomic E-state index is 6.16. The summed E-state index contributed by atoms with van der Waals surface area (Å²) in [7, 11) is 0. The molecule has 1 saturated carbocycles. The Morgan fingerprint density at radius 3 is 2.05 bits per heavy atom. The third-order valence-corrected chi connectivity index (χ3v) is 4.72. The Kier molecular flexibility index (Phi) is 3.23. The van der Waals surface area contributed by atoms with E-state index in [1.165, 1.54) is 12.0 Å². The van der Waals surface area contributed by atoms with E-state index in [1.54, 1.807) is 0 Å². The van der Waals surface area contributed by atoms with Crippen LogP contribution in [0.5, 0.6) is 0 Å². The molecule has 19 heavy (non-hydrogen) atoms. The molecule has 0 bridgehead atoms. The molecule has 1 aromatic heterocycles. The normalized spacial score (nSPS) is 17.0. The van der Waals surface area contributed by atoms with Gasteiger partial charge in [0.2, 0.25) is 0 Å². The van der Waals surface area contributed by atoms with Crippen molar-refractivity contribution in [1.82, 2.24) is 9.97 Å². The molecule has 1 aliphatic rings. The zero-order valence-electron chi connectivity index (χ0n) is 10.7. The van der Waals surface area contributed by atoms with E-state index in [-0.39, 0.29) is 5.41 Å². The summed E-state index contributed by atoms with van der Waals surface area (Å²) in [5.74, 6) is 0.755. The molecule has 2 nitrogen and oxygen atoms in total. The van der Waals surface area contributed by atoms with E-state index in [1.807, 2.05) is 25.1 Å². The van der Waals surface area contributed by atoms with Gasteiger partial charge in [0, 0.05) is 5.56 Å². The van der Waals surface area contributed by atoms with Crippen molar-refractivity contribution in [2.75, 3.05) is 0 Å². The second-order valence-corrected chi connectivity index (χ2v) is 5.77. The highest BCUT2D eigenvalue weighted by atomic mass is 35.5. The Bertz CT molecular complexity index is 584. The fraction of sp³-hybridized carbons (Fsp3) is 0.333. The van der Waals surface area contributed by atoms with Crippen LogP contribution in [0.4, 0.5) is 0 Å². The minimum atomic E-state index is -0.109. The molecule has 98 valence electrons. The summed E-state index contributed by atoms with van der Waals surface area (Å²) >= 11 is 12.3. The van der Waals surface area contributed by atoms with Gasteiger partial charge in [-0.05, 0) is 25.3 Å². The van der Waals surface area contributed by atoms with Crippen molar-refractivity contribution in [3.8, 4) is 0 Å². The predicted octanol–water partition coefficient (Wildman–Crippen LogP) is 4.56. The van der Waals surface area contributed by atoms with E-state index in [0.717, 1.165) is 24.2 Å². The lowest BCUT2D eigenvalue weighted by Gasteiger charge is -2.41. The number of hydrogen-bond acceptors (Lipinski definition) is 2. The van der Waals surface area contributed by atoms with Gasteiger partial charge >= 0.3 is 0 Å². The zero-order valence-corrected chi connectivity index (χ0v) is 12.2. The van der Waals surface area contributed by atoms with Crippen LogP contribution in [-0.2, 0) is 5.41 Å². The lowest BCUT2D eigenvalue weighted by atomic mass is 9.64. The van der Waals surface area contributed by atoms with Crippen LogP contribution in [0, 0.1) is 6.92 Å². The number of nitrogens with zero attached hydrogens (tertiary/aromatic N) is 2. The Morgan fingerprint density at radius 1 is 1.00 bits per heavy atom. The average molecular weight is 293 g/mol. The van der Waals surface area contributed by atoms with Gasteiger partial charge in [0.1, 0.15) is 16.1 Å². The second kappa shape index (κ2) is 4.77. The largest absolute Gasteiger partial charge is 0.220 e. The van der Waals surface area contributed by atoms with Crippen molar-refractivity contribution in [2.24, 2.45) is 0 Å². The second-order valence-electron chi connectivity index (χ2n) is 5.06. The van der Waals surface area contributed by atoms with Crippen molar-refractivity contribution in [3.05, 3.63) is 57.6 Å². The van der Waals surface area contributed by atoms with Crippen molar-refractivity contribution in [1.29, 1.82) is 0 Å². The molecule has 2 aromatic rings. The average Bonchev–Trinajstić information content (AvgIpc) is 2.36. The summed E-state index contributed by atoms with van der Waals surface area (Å²) < 4.78 is 0. The lowest BCUT2D eigenvalue weighted by molar-refractivity contribution is 0.285. The fourth-order valence-electron chi connectivity index (χ4n) is 2.61. The Labute approximate surface area is 122 Å². The molecule has 0 radical (unpaired) electrons. The van der Waals surface area contributed by atoms with Crippen LogP contribution in [0.15, 0.2) is 30.3 Å². The first-order valence-corrected chi connectivity index (χ1v) is 7.15. The van der Waals surface area contributed by atoms with Crippen LogP contribution in [0.2, 0.25) is 10.3 Å². The van der Waals surface area contributed by atoms with Crippen LogP contribution >= 0.6 is 23.2 Å². The van der Waals surface area contributed by atoms with Gasteiger partial charge in [-0.2, -0.15) is 0 Å². The van der Waals surface area contributed by atoms with Crippen LogP contribution < -0.4 is 0 Å². The first-order valence-electron chi connectivity index (χ1n) is 6.39. The van der Waals surface area contributed by atoms with Crippen molar-refractivity contribution < 1.29 is 0 Å². The molecule has 0 N–H and O–H groups in total. The van der Waals surface area contributed by atoms with Gasteiger partial charge in [0.25, 0.3) is 0 Å². The summed E-state index contributed by atoms with van der Waals surface area (Å²) in [5.41, 5.74) is 1.88. The van der Waals surface area contributed by atoms with Crippen molar-refractivity contribution in [3.63, 3.8) is 0 Å². The number of benzene rings is 1. The van der Waals surface area contributed by atoms with Crippen LogP contribution in [0.25, 0.3) is 0 Å². The van der Waals surface area contributed by atoms with Crippen LogP contribution in [0.3, 0.4) is 0 Å². The SMILES string of the molecule is Cc1c(Cl)nc(C2(c3ccccc3)CCC2)nc1Cl. The van der Waals surface area contributed by atoms with E-state index >= 15 is 0 Å². The molecule has 0 unspecified atom stereocenters. The molecule has 1 aliphatic carbocycles. The summed E-state index contributed by atoms with van der Waals surface area (Å²) in [6.07, 6.45) is 3.28. The third-order valence-electron chi connectivity index (χ3n) is 3.99. The lowest BCUT2D eigenvalue weighted by Crippen LogP contribution is -2.37. The first kappa shape index (κ1) is 12.9. The van der Waals surface area contributed by atoms with E-state index in [2.05, 4.69) is 22.1 Å². The zero-order chi connectivity index (χ0) is 13.5. The van der Waals surface area contributed by atoms with Crippen LogP contribution in [0.1, 0.15) is 36.2 Å². The minimum Gasteiger partial charge on any atom is -0.220 e. The summed E-state index contributed by atoms with van der Waals surface area (Å²) in [4.78, 5) is 8.95. The standard InChI is InChI=1S/C15H14Cl2N2/c1-10-12(16)18-14(19-13(10)17)15(8-5-9-15)11-6-3-2-4-7-11/h2-4,6-7H,5,8-9H2,1H3. The van der Waals surface area contributed by atoms with Gasteiger partial charge in [0.05, 0.1) is 5.41 Å². The van der Waals surface area contributed by atoms with Crippen molar-refractivity contribution >= 4 is 23.2 Å². The maximum Gasteiger partial charge on any atom is 0.142 e. The van der Waals surface area contributed by atoms with E-state index in [4.69, 9.17) is 23.2 Å². The van der Waals surface area contributed by atoms with E-state index < -0.39 is 0 Å². The van der Waals surface area contributed by atoms with Gasteiger partial charge in [-0.1, -0.05) is 60.0 Å². The van der Waals surface area contributed by atoms with Crippen molar-refractivity contribution in [2.45, 2.75) is 31.6 Å². The molecule has 0 saturated heterocycles. The molecule has 0 spiro atoms. The molecule has 0 aliphatic heterocycles. The maximum atomic E-state index is 6.16. The molecular formula is C15H14Cl2N2. The molecule has 1 fully saturated rings. The van der Waals surface area contributed by atoms with E-state index in [0.29, 0.717) is 10.3 Å². The number of halogens is 2. The van der Waals surface area contributed by atoms with Gasteiger partial charge in [-0.15, -0.1) is 0 Å². The molecular weight excluding hydrogens is 279 g/mol. The van der Waals surface area contributed by atoms with Gasteiger partial charge in [-0.25, -0.2) is 9.97 Å². The van der Waals surface area contributed by atoms with Gasteiger partial charge in [0.15, 0.2) is 0 Å². The Morgan fingerprint density at radius 2 is 1.58 bits per heavy atom. The predicted molar refractivity (Wildman–Crippen MR) is 77.9 cm³/mol. The third kappa shape index (κ3) is 2.03. The quantitative estimate of drug-likeness (QED) is 0.758. The first-order chi connectivity index (χ1) is 9.13. The topological polar surface area (TPSA) is 25.8 Å². The number of hydrogen-bond donors (Lipinski definition) is 0. The van der Waals surface area contributed by atoms with Gasteiger partial charge in [-0.3, -0.25) is 0 Å². The highest BCUT2D eigenvalue weighted by Crippen LogP contribution is 2.48. The highest BCUT2D eigenvalue weighted by molar-refractivity contribution is 6.34. The molecule has 4 heteroatoms. The minimum absolute atomic E-state index is 0.109. The monoisotopic (exact) mass is 292 g/mol. The Hall–Kier alpha value is -1.12. The molecule has 0 amide bonds. The molecule has 1 heterocycles. The number of aromatic nitrogens is 2. The summed E-state index contributed by atoms with van der Waals surface area (Å²) in [5, 5.41) is 0.911. The molecule has 0 atom stereocenters. The molecule has 1 aromatic carbocycles. The number of rotatable bonds is 2. The van der Waals surface area contributed by atoms with Gasteiger partial charge < -0.3 is 0 Å². The smallest absolute Gasteiger partial charge is 0.142 e. The van der Waals surface area contributed by atoms with E-state index in [9.17, 15) is 0 Å².